The van der Waals surface area contributed by atoms with Crippen LogP contribution in [-0.2, 0) is 14.8 Å². The molecular formula is C15H11Cl2N3O4S. The van der Waals surface area contributed by atoms with Crippen molar-refractivity contribution in [1.82, 2.24) is 9.29 Å². The first-order chi connectivity index (χ1) is 11.7. The molecule has 1 aliphatic heterocycles. The third kappa shape index (κ3) is 2.97. The van der Waals surface area contributed by atoms with Crippen molar-refractivity contribution in [2.75, 3.05) is 11.9 Å². The Kier molecular flexibility index (Phi) is 4.44. The van der Waals surface area contributed by atoms with Crippen molar-refractivity contribution in [1.29, 1.82) is 0 Å². The summed E-state index contributed by atoms with van der Waals surface area (Å²) in [6.45, 7) is 0.961. The number of carbonyl (C=O) groups excluding carboxylic acids is 2. The molecule has 1 aromatic carbocycles. The van der Waals surface area contributed by atoms with Crippen molar-refractivity contribution in [2.24, 2.45) is 0 Å². The number of pyridine rings is 1. The van der Waals surface area contributed by atoms with Crippen molar-refractivity contribution in [3.8, 4) is 0 Å². The maximum Gasteiger partial charge on any atom is 0.269 e. The summed E-state index contributed by atoms with van der Waals surface area (Å²) in [5.74, 6) is -1.46. The molecule has 0 bridgehead atoms. The topological polar surface area (TPSA) is 96.4 Å². The van der Waals surface area contributed by atoms with E-state index in [0.29, 0.717) is 14.9 Å². The fraction of sp³-hybridized carbons (Fsp3) is 0.133. The molecule has 2 heterocycles. The SMILES string of the molecule is Cc1c(Cl)cnc(NC(=O)CN2C(=O)c3ccccc3S2(=O)=O)c1Cl. The second-order valence-corrected chi connectivity index (χ2v) is 7.87. The molecule has 0 radical (unpaired) electrons. The van der Waals surface area contributed by atoms with Gasteiger partial charge in [-0.1, -0.05) is 35.3 Å². The molecule has 0 atom stereocenters. The molecule has 25 heavy (non-hydrogen) atoms. The maximum absolute atomic E-state index is 12.4. The highest BCUT2D eigenvalue weighted by atomic mass is 35.5. The Labute approximate surface area is 153 Å². The molecule has 10 heteroatoms. The van der Waals surface area contributed by atoms with Gasteiger partial charge in [-0.05, 0) is 24.6 Å². The number of hydrogen-bond donors (Lipinski definition) is 1. The average molecular weight is 400 g/mol. The zero-order valence-electron chi connectivity index (χ0n) is 12.8. The lowest BCUT2D eigenvalue weighted by molar-refractivity contribution is -0.116. The molecule has 2 aromatic rings. The van der Waals surface area contributed by atoms with Crippen molar-refractivity contribution in [3.05, 3.63) is 51.6 Å². The van der Waals surface area contributed by atoms with E-state index >= 15 is 0 Å². The number of sulfonamides is 1. The van der Waals surface area contributed by atoms with Gasteiger partial charge in [-0.25, -0.2) is 17.7 Å². The Balaban J connectivity index is 1.83. The predicted molar refractivity (Wildman–Crippen MR) is 92.3 cm³/mol. The Hall–Kier alpha value is -2.16. The summed E-state index contributed by atoms with van der Waals surface area (Å²) in [5, 5.41) is 2.86. The van der Waals surface area contributed by atoms with Crippen LogP contribution >= 0.6 is 23.2 Å². The highest BCUT2D eigenvalue weighted by Crippen LogP contribution is 2.31. The Morgan fingerprint density at radius 1 is 1.28 bits per heavy atom. The maximum atomic E-state index is 12.4. The lowest BCUT2D eigenvalue weighted by Crippen LogP contribution is -2.37. The van der Waals surface area contributed by atoms with Crippen LogP contribution in [0.3, 0.4) is 0 Å². The first kappa shape index (κ1) is 17.7. The van der Waals surface area contributed by atoms with Crippen molar-refractivity contribution < 1.29 is 18.0 Å². The quantitative estimate of drug-likeness (QED) is 0.854. The van der Waals surface area contributed by atoms with Gasteiger partial charge < -0.3 is 5.32 Å². The Morgan fingerprint density at radius 3 is 2.64 bits per heavy atom. The number of aromatic nitrogens is 1. The lowest BCUT2D eigenvalue weighted by Gasteiger charge is -2.15. The van der Waals surface area contributed by atoms with Gasteiger partial charge in [0, 0.05) is 6.20 Å². The molecule has 0 saturated carbocycles. The molecule has 1 N–H and O–H groups in total. The number of nitrogens with zero attached hydrogens (tertiary/aromatic N) is 2. The van der Waals surface area contributed by atoms with Gasteiger partial charge in [0.2, 0.25) is 5.91 Å². The van der Waals surface area contributed by atoms with E-state index in [2.05, 4.69) is 10.3 Å². The monoisotopic (exact) mass is 399 g/mol. The summed E-state index contributed by atoms with van der Waals surface area (Å²) in [4.78, 5) is 28.3. The fourth-order valence-corrected chi connectivity index (χ4v) is 4.25. The minimum atomic E-state index is -4.06. The molecule has 0 unspecified atom stereocenters. The summed E-state index contributed by atoms with van der Waals surface area (Å²) in [5.41, 5.74) is 0.555. The number of rotatable bonds is 3. The fourth-order valence-electron chi connectivity index (χ4n) is 2.33. The zero-order valence-corrected chi connectivity index (χ0v) is 15.1. The second-order valence-electron chi connectivity index (χ2n) is 5.25. The number of anilines is 1. The van der Waals surface area contributed by atoms with Crippen LogP contribution in [0.5, 0.6) is 0 Å². The number of halogens is 2. The van der Waals surface area contributed by atoms with Gasteiger partial charge in [0.1, 0.15) is 11.4 Å². The lowest BCUT2D eigenvalue weighted by atomic mass is 10.2. The van der Waals surface area contributed by atoms with E-state index in [1.54, 1.807) is 13.0 Å². The van der Waals surface area contributed by atoms with Crippen molar-refractivity contribution >= 4 is 50.9 Å². The van der Waals surface area contributed by atoms with Gasteiger partial charge in [-0.15, -0.1) is 0 Å². The molecule has 1 aliphatic rings. The van der Waals surface area contributed by atoms with E-state index in [1.165, 1.54) is 24.4 Å². The van der Waals surface area contributed by atoms with E-state index in [9.17, 15) is 18.0 Å². The van der Waals surface area contributed by atoms with Crippen LogP contribution in [0.1, 0.15) is 15.9 Å². The molecule has 0 saturated heterocycles. The molecule has 0 aliphatic carbocycles. The summed E-state index contributed by atoms with van der Waals surface area (Å²) < 4.78 is 25.3. The van der Waals surface area contributed by atoms with Gasteiger partial charge in [0.15, 0.2) is 5.82 Å². The highest BCUT2D eigenvalue weighted by Gasteiger charge is 2.41. The summed E-state index contributed by atoms with van der Waals surface area (Å²) in [6.07, 6.45) is 1.31. The first-order valence-electron chi connectivity index (χ1n) is 7.00. The number of fused-ring (bicyclic) bond motifs is 1. The van der Waals surface area contributed by atoms with E-state index in [1.807, 2.05) is 0 Å². The second kappa shape index (κ2) is 6.29. The molecule has 1 aromatic heterocycles. The number of benzene rings is 1. The third-order valence-electron chi connectivity index (χ3n) is 3.66. The third-order valence-corrected chi connectivity index (χ3v) is 6.29. The van der Waals surface area contributed by atoms with Crippen LogP contribution in [0.15, 0.2) is 35.4 Å². The number of amides is 2. The largest absolute Gasteiger partial charge is 0.308 e. The van der Waals surface area contributed by atoms with E-state index in [-0.39, 0.29) is 21.3 Å². The van der Waals surface area contributed by atoms with Crippen molar-refractivity contribution in [2.45, 2.75) is 11.8 Å². The van der Waals surface area contributed by atoms with E-state index in [4.69, 9.17) is 23.2 Å². The summed E-state index contributed by atoms with van der Waals surface area (Å²) in [6, 6.07) is 5.78. The summed E-state index contributed by atoms with van der Waals surface area (Å²) in [7, 11) is -4.06. The smallest absolute Gasteiger partial charge is 0.269 e. The molecule has 2 amide bonds. The zero-order chi connectivity index (χ0) is 18.4. The Bertz CT molecular complexity index is 1010. The normalized spacial score (nSPS) is 15.2. The van der Waals surface area contributed by atoms with Crippen LogP contribution in [0.2, 0.25) is 10.0 Å². The van der Waals surface area contributed by atoms with Gasteiger partial charge in [0.25, 0.3) is 15.9 Å². The molecule has 130 valence electrons. The van der Waals surface area contributed by atoms with Crippen molar-refractivity contribution in [3.63, 3.8) is 0 Å². The minimum Gasteiger partial charge on any atom is -0.308 e. The van der Waals surface area contributed by atoms with Crippen LogP contribution < -0.4 is 5.32 Å². The highest BCUT2D eigenvalue weighted by molar-refractivity contribution is 7.90. The van der Waals surface area contributed by atoms with Gasteiger partial charge in [-0.3, -0.25) is 9.59 Å². The molecule has 0 fully saturated rings. The molecular weight excluding hydrogens is 389 g/mol. The number of hydrogen-bond acceptors (Lipinski definition) is 5. The first-order valence-corrected chi connectivity index (χ1v) is 9.19. The van der Waals surface area contributed by atoms with Crippen LogP contribution in [0.4, 0.5) is 5.82 Å². The Morgan fingerprint density at radius 2 is 1.96 bits per heavy atom. The molecule has 7 nitrogen and oxygen atoms in total. The summed E-state index contributed by atoms with van der Waals surface area (Å²) >= 11 is 11.9. The minimum absolute atomic E-state index is 0.0359. The van der Waals surface area contributed by atoms with Crippen LogP contribution in [0.25, 0.3) is 0 Å². The number of carbonyl (C=O) groups is 2. The van der Waals surface area contributed by atoms with Gasteiger partial charge in [0.05, 0.1) is 15.6 Å². The average Bonchev–Trinajstić information content (AvgIpc) is 2.77. The van der Waals surface area contributed by atoms with Crippen LogP contribution in [-0.4, -0.2) is 36.1 Å². The number of nitrogens with one attached hydrogen (secondary N) is 1. The molecule has 0 spiro atoms. The van der Waals surface area contributed by atoms with Crippen LogP contribution in [0, 0.1) is 6.92 Å². The molecule has 3 rings (SSSR count). The van der Waals surface area contributed by atoms with E-state index < -0.39 is 28.4 Å². The predicted octanol–water partition coefficient (Wildman–Crippen LogP) is 2.48. The standard InChI is InChI=1S/C15H11Cl2N3O4S/c1-8-10(16)6-18-14(13(8)17)19-12(21)7-20-15(22)9-4-2-3-5-11(9)25(20,23)24/h2-6H,7H2,1H3,(H,18,19,21). The van der Waals surface area contributed by atoms with Gasteiger partial charge >= 0.3 is 0 Å². The van der Waals surface area contributed by atoms with Gasteiger partial charge in [-0.2, -0.15) is 0 Å². The van der Waals surface area contributed by atoms with E-state index in [0.717, 1.165) is 0 Å².